The molecule has 4 nitrogen and oxygen atoms in total. The van der Waals surface area contributed by atoms with Crippen LogP contribution < -0.4 is 4.74 Å². The SMILES string of the molecule is Cc1nc(-c2cc(OC(C)C)c(Cl)cc2F)cn1O. The molecule has 0 saturated heterocycles. The topological polar surface area (TPSA) is 47.3 Å². The summed E-state index contributed by atoms with van der Waals surface area (Å²) in [4.78, 5) is 4.07. The van der Waals surface area contributed by atoms with Gasteiger partial charge in [0.2, 0.25) is 0 Å². The molecule has 0 aliphatic carbocycles. The van der Waals surface area contributed by atoms with Crippen LogP contribution in [0.4, 0.5) is 4.39 Å². The lowest BCUT2D eigenvalue weighted by Crippen LogP contribution is -2.06. The first-order valence-corrected chi connectivity index (χ1v) is 6.17. The lowest BCUT2D eigenvalue weighted by molar-refractivity contribution is 0.179. The summed E-state index contributed by atoms with van der Waals surface area (Å²) in [7, 11) is 0. The summed E-state index contributed by atoms with van der Waals surface area (Å²) in [6.07, 6.45) is 1.26. The average molecular weight is 285 g/mol. The summed E-state index contributed by atoms with van der Waals surface area (Å²) in [6.45, 7) is 5.32. The van der Waals surface area contributed by atoms with Crippen LogP contribution in [0, 0.1) is 12.7 Å². The Labute approximate surface area is 115 Å². The van der Waals surface area contributed by atoms with Crippen LogP contribution in [0.15, 0.2) is 18.3 Å². The molecule has 19 heavy (non-hydrogen) atoms. The first-order chi connectivity index (χ1) is 8.88. The van der Waals surface area contributed by atoms with E-state index in [1.807, 2.05) is 13.8 Å². The molecule has 102 valence electrons. The summed E-state index contributed by atoms with van der Waals surface area (Å²) in [6, 6.07) is 2.67. The smallest absolute Gasteiger partial charge is 0.142 e. The molecule has 0 atom stereocenters. The van der Waals surface area contributed by atoms with Gasteiger partial charge in [-0.05, 0) is 32.9 Å². The molecule has 0 aliphatic heterocycles. The molecule has 0 fully saturated rings. The molecule has 6 heteroatoms. The highest BCUT2D eigenvalue weighted by Gasteiger charge is 2.15. The van der Waals surface area contributed by atoms with Gasteiger partial charge in [0.1, 0.15) is 17.4 Å². The zero-order valence-electron chi connectivity index (χ0n) is 10.8. The Morgan fingerprint density at radius 1 is 1.42 bits per heavy atom. The van der Waals surface area contributed by atoms with E-state index in [1.54, 1.807) is 6.92 Å². The van der Waals surface area contributed by atoms with Gasteiger partial charge in [-0.15, -0.1) is 0 Å². The largest absolute Gasteiger partial charge is 0.489 e. The maximum absolute atomic E-state index is 13.9. The summed E-state index contributed by atoms with van der Waals surface area (Å²) >= 11 is 5.93. The van der Waals surface area contributed by atoms with Crippen LogP contribution in [0.3, 0.4) is 0 Å². The first kappa shape index (κ1) is 13.7. The zero-order valence-corrected chi connectivity index (χ0v) is 11.6. The number of hydrogen-bond acceptors (Lipinski definition) is 3. The van der Waals surface area contributed by atoms with Gasteiger partial charge in [0, 0.05) is 5.56 Å². The summed E-state index contributed by atoms with van der Waals surface area (Å²) in [5, 5.41) is 9.64. The number of rotatable bonds is 3. The van der Waals surface area contributed by atoms with Crippen LogP contribution in [0.1, 0.15) is 19.7 Å². The van der Waals surface area contributed by atoms with E-state index in [2.05, 4.69) is 4.98 Å². The van der Waals surface area contributed by atoms with Crippen molar-refractivity contribution >= 4 is 11.6 Å². The van der Waals surface area contributed by atoms with Crippen LogP contribution in [0.2, 0.25) is 5.02 Å². The molecular weight excluding hydrogens is 271 g/mol. The quantitative estimate of drug-likeness (QED) is 0.875. The van der Waals surface area contributed by atoms with Crippen molar-refractivity contribution in [2.75, 3.05) is 0 Å². The van der Waals surface area contributed by atoms with Gasteiger partial charge in [0.05, 0.1) is 23.0 Å². The Bertz CT molecular complexity index is 591. The molecule has 1 aromatic carbocycles. The molecule has 0 amide bonds. The number of halogens is 2. The van der Waals surface area contributed by atoms with Crippen molar-refractivity contribution in [3.63, 3.8) is 0 Å². The van der Waals surface area contributed by atoms with Crippen LogP contribution in [-0.2, 0) is 0 Å². The van der Waals surface area contributed by atoms with Gasteiger partial charge in [-0.1, -0.05) is 11.6 Å². The lowest BCUT2D eigenvalue weighted by atomic mass is 10.1. The van der Waals surface area contributed by atoms with Crippen LogP contribution in [-0.4, -0.2) is 21.0 Å². The number of imidazole rings is 1. The van der Waals surface area contributed by atoms with Gasteiger partial charge in [0.15, 0.2) is 0 Å². The fourth-order valence-corrected chi connectivity index (χ4v) is 1.86. The minimum Gasteiger partial charge on any atom is -0.489 e. The Morgan fingerprint density at radius 3 is 2.63 bits per heavy atom. The van der Waals surface area contributed by atoms with Gasteiger partial charge in [-0.25, -0.2) is 9.37 Å². The third-order valence-electron chi connectivity index (χ3n) is 2.52. The van der Waals surface area contributed by atoms with Crippen molar-refractivity contribution in [3.8, 4) is 17.0 Å². The molecule has 1 aromatic heterocycles. The Hall–Kier alpha value is -1.75. The van der Waals surface area contributed by atoms with E-state index >= 15 is 0 Å². The Balaban J connectivity index is 2.50. The minimum absolute atomic E-state index is 0.0760. The molecule has 0 radical (unpaired) electrons. The molecular formula is C13H14ClFN2O2. The Kier molecular flexibility index (Phi) is 3.66. The van der Waals surface area contributed by atoms with Crippen molar-refractivity contribution < 1.29 is 14.3 Å². The Morgan fingerprint density at radius 2 is 2.11 bits per heavy atom. The van der Waals surface area contributed by atoms with Gasteiger partial charge in [-0.2, -0.15) is 4.73 Å². The third-order valence-corrected chi connectivity index (χ3v) is 2.81. The highest BCUT2D eigenvalue weighted by molar-refractivity contribution is 6.32. The van der Waals surface area contributed by atoms with Crippen LogP contribution in [0.5, 0.6) is 5.75 Å². The number of ether oxygens (including phenoxy) is 1. The van der Waals surface area contributed by atoms with Crippen molar-refractivity contribution in [1.82, 2.24) is 9.71 Å². The average Bonchev–Trinajstić information content (AvgIpc) is 2.62. The molecule has 1 N–H and O–H groups in total. The third kappa shape index (κ3) is 2.81. The van der Waals surface area contributed by atoms with Gasteiger partial charge < -0.3 is 9.94 Å². The first-order valence-electron chi connectivity index (χ1n) is 5.79. The van der Waals surface area contributed by atoms with Gasteiger partial charge >= 0.3 is 0 Å². The molecule has 1 heterocycles. The number of aryl methyl sites for hydroxylation is 1. The summed E-state index contributed by atoms with van der Waals surface area (Å²) in [5.41, 5.74) is 0.554. The van der Waals surface area contributed by atoms with E-state index < -0.39 is 5.82 Å². The standard InChI is InChI=1S/C13H14ClFN2O2/c1-7(2)19-13-4-9(11(15)5-10(13)14)12-6-17(18)8(3)16-12/h4-7,18H,1-3H3. The molecule has 2 rings (SSSR count). The number of hydrogen-bond donors (Lipinski definition) is 1. The van der Waals surface area contributed by atoms with E-state index in [0.717, 1.165) is 4.73 Å². The van der Waals surface area contributed by atoms with Crippen molar-refractivity contribution in [2.24, 2.45) is 0 Å². The normalized spacial score (nSPS) is 11.1. The lowest BCUT2D eigenvalue weighted by Gasteiger charge is -2.12. The summed E-state index contributed by atoms with van der Waals surface area (Å²) in [5.74, 6) is 0.244. The van der Waals surface area contributed by atoms with Crippen LogP contribution >= 0.6 is 11.6 Å². The van der Waals surface area contributed by atoms with E-state index in [0.29, 0.717) is 17.3 Å². The maximum Gasteiger partial charge on any atom is 0.142 e. The second-order valence-electron chi connectivity index (χ2n) is 4.45. The van der Waals surface area contributed by atoms with Crippen molar-refractivity contribution in [2.45, 2.75) is 26.9 Å². The molecule has 2 aromatic rings. The minimum atomic E-state index is -0.515. The van der Waals surface area contributed by atoms with Crippen LogP contribution in [0.25, 0.3) is 11.3 Å². The molecule has 0 saturated carbocycles. The number of nitrogens with zero attached hydrogens (tertiary/aromatic N) is 2. The second kappa shape index (κ2) is 5.09. The molecule has 0 aliphatic rings. The van der Waals surface area contributed by atoms with E-state index in [1.165, 1.54) is 18.3 Å². The number of benzene rings is 1. The highest BCUT2D eigenvalue weighted by Crippen LogP contribution is 2.33. The number of aromatic nitrogens is 2. The van der Waals surface area contributed by atoms with Crippen molar-refractivity contribution in [1.29, 1.82) is 0 Å². The molecule has 0 spiro atoms. The van der Waals surface area contributed by atoms with Crippen molar-refractivity contribution in [3.05, 3.63) is 35.0 Å². The predicted octanol–water partition coefficient (Wildman–Crippen LogP) is 3.68. The van der Waals surface area contributed by atoms with E-state index in [4.69, 9.17) is 16.3 Å². The van der Waals surface area contributed by atoms with E-state index in [-0.39, 0.29) is 16.7 Å². The summed E-state index contributed by atoms with van der Waals surface area (Å²) < 4.78 is 20.3. The maximum atomic E-state index is 13.9. The molecule has 0 unspecified atom stereocenters. The van der Waals surface area contributed by atoms with Gasteiger partial charge in [0.25, 0.3) is 0 Å². The second-order valence-corrected chi connectivity index (χ2v) is 4.85. The predicted molar refractivity (Wildman–Crippen MR) is 70.3 cm³/mol. The molecule has 0 bridgehead atoms. The monoisotopic (exact) mass is 284 g/mol. The highest BCUT2D eigenvalue weighted by atomic mass is 35.5. The van der Waals surface area contributed by atoms with Gasteiger partial charge in [-0.3, -0.25) is 0 Å². The zero-order chi connectivity index (χ0) is 14.2. The fourth-order valence-electron chi connectivity index (χ4n) is 1.66. The van der Waals surface area contributed by atoms with E-state index in [9.17, 15) is 9.60 Å². The fraction of sp³-hybridized carbons (Fsp3) is 0.308.